The number of hydrogen-bond acceptors (Lipinski definition) is 5. The van der Waals surface area contributed by atoms with Gasteiger partial charge in [-0.25, -0.2) is 0 Å². The average Bonchev–Trinajstić information content (AvgIpc) is 3.17. The van der Waals surface area contributed by atoms with Crippen molar-refractivity contribution >= 4 is 5.97 Å². The molecule has 0 bridgehead atoms. The van der Waals surface area contributed by atoms with Crippen LogP contribution in [0.4, 0.5) is 0 Å². The minimum absolute atomic E-state index is 0.0117. The third-order valence-electron chi connectivity index (χ3n) is 5.89. The summed E-state index contributed by atoms with van der Waals surface area (Å²) in [6.07, 6.45) is 3.25. The molecule has 2 fully saturated rings. The molecule has 2 saturated carbocycles. The van der Waals surface area contributed by atoms with Crippen LogP contribution in [0.1, 0.15) is 45.1 Å². The van der Waals surface area contributed by atoms with Crippen molar-refractivity contribution in [1.29, 1.82) is 5.26 Å². The summed E-state index contributed by atoms with van der Waals surface area (Å²) in [5.74, 6) is 2.03. The summed E-state index contributed by atoms with van der Waals surface area (Å²) in [5, 5.41) is 10.0. The van der Waals surface area contributed by atoms with Gasteiger partial charge in [0.25, 0.3) is 0 Å². The molecule has 5 nitrogen and oxygen atoms in total. The molecule has 140 valence electrons. The number of methoxy groups -OCH3 is 2. The smallest absolute Gasteiger partial charge is 0.308 e. The average molecular weight is 357 g/mol. The molecular formula is C21H27NO4. The highest BCUT2D eigenvalue weighted by atomic mass is 16.5. The highest BCUT2D eigenvalue weighted by Gasteiger charge is 2.52. The van der Waals surface area contributed by atoms with E-state index < -0.39 is 5.41 Å². The van der Waals surface area contributed by atoms with Gasteiger partial charge in [-0.05, 0) is 69.1 Å². The molecule has 0 radical (unpaired) electrons. The molecule has 2 aliphatic carbocycles. The summed E-state index contributed by atoms with van der Waals surface area (Å²) in [5.41, 5.74) is 0.470. The summed E-state index contributed by atoms with van der Waals surface area (Å²) in [6.45, 7) is 3.94. The zero-order valence-electron chi connectivity index (χ0n) is 16.0. The van der Waals surface area contributed by atoms with Crippen LogP contribution in [0.15, 0.2) is 18.2 Å². The minimum Gasteiger partial charge on any atom is -0.493 e. The largest absolute Gasteiger partial charge is 0.493 e. The van der Waals surface area contributed by atoms with Gasteiger partial charge in [0.15, 0.2) is 11.5 Å². The molecule has 0 aromatic heterocycles. The van der Waals surface area contributed by atoms with Crippen molar-refractivity contribution < 1.29 is 19.0 Å². The van der Waals surface area contributed by atoms with Crippen LogP contribution in [-0.2, 0) is 14.9 Å². The number of carbonyl (C=O) groups is 1. The summed E-state index contributed by atoms with van der Waals surface area (Å²) in [4.78, 5) is 11.8. The molecule has 0 aliphatic heterocycles. The summed E-state index contributed by atoms with van der Waals surface area (Å²) in [7, 11) is 3.07. The molecule has 0 amide bonds. The molecule has 3 rings (SSSR count). The number of benzene rings is 1. The van der Waals surface area contributed by atoms with Crippen molar-refractivity contribution in [3.05, 3.63) is 23.8 Å². The second-order valence-electron chi connectivity index (χ2n) is 7.85. The van der Waals surface area contributed by atoms with E-state index in [9.17, 15) is 10.1 Å². The monoisotopic (exact) mass is 357 g/mol. The molecule has 2 aliphatic rings. The summed E-state index contributed by atoms with van der Waals surface area (Å²) in [6, 6.07) is 8.41. The van der Waals surface area contributed by atoms with E-state index in [1.165, 1.54) is 7.11 Å². The number of esters is 1. The summed E-state index contributed by atoms with van der Waals surface area (Å²) >= 11 is 0. The van der Waals surface area contributed by atoms with Crippen LogP contribution < -0.4 is 9.47 Å². The predicted octanol–water partition coefficient (Wildman–Crippen LogP) is 3.85. The number of fused-ring (bicyclic) bond motifs is 1. The SMILES string of the molecule is COC(=O)C1C[C@@H]2CC(C#N)(c3ccc(OC)c(OC(C)C)c3)C[C@@H]2C1. The maximum atomic E-state index is 11.8. The fraction of sp³-hybridized carbons (Fsp3) is 0.619. The van der Waals surface area contributed by atoms with E-state index in [2.05, 4.69) is 6.07 Å². The molecule has 0 N–H and O–H groups in total. The number of carbonyl (C=O) groups excluding carboxylic acids is 1. The van der Waals surface area contributed by atoms with Gasteiger partial charge in [-0.2, -0.15) is 5.26 Å². The van der Waals surface area contributed by atoms with Gasteiger partial charge in [0.05, 0.1) is 37.7 Å². The Labute approximate surface area is 155 Å². The Hall–Kier alpha value is -2.22. The molecular weight excluding hydrogens is 330 g/mol. The van der Waals surface area contributed by atoms with Crippen molar-refractivity contribution in [3.8, 4) is 17.6 Å². The Morgan fingerprint density at radius 2 is 1.85 bits per heavy atom. The zero-order chi connectivity index (χ0) is 18.9. The molecule has 1 aromatic carbocycles. The van der Waals surface area contributed by atoms with Crippen LogP contribution >= 0.6 is 0 Å². The summed E-state index contributed by atoms with van der Waals surface area (Å²) < 4.78 is 16.2. The lowest BCUT2D eigenvalue weighted by molar-refractivity contribution is -0.145. The van der Waals surface area contributed by atoms with Crippen molar-refractivity contribution in [3.63, 3.8) is 0 Å². The molecule has 1 aromatic rings. The second-order valence-corrected chi connectivity index (χ2v) is 7.85. The lowest BCUT2D eigenvalue weighted by Gasteiger charge is -2.25. The number of nitriles is 1. The van der Waals surface area contributed by atoms with E-state index in [0.29, 0.717) is 23.3 Å². The molecule has 0 heterocycles. The number of hydrogen-bond donors (Lipinski definition) is 0. The molecule has 26 heavy (non-hydrogen) atoms. The van der Waals surface area contributed by atoms with Gasteiger partial charge in [0.2, 0.25) is 0 Å². The van der Waals surface area contributed by atoms with E-state index in [4.69, 9.17) is 14.2 Å². The van der Waals surface area contributed by atoms with Gasteiger partial charge < -0.3 is 14.2 Å². The first-order valence-electron chi connectivity index (χ1n) is 9.26. The highest BCUT2D eigenvalue weighted by molar-refractivity contribution is 5.72. The van der Waals surface area contributed by atoms with Crippen molar-refractivity contribution in [2.75, 3.05) is 14.2 Å². The number of rotatable bonds is 5. The van der Waals surface area contributed by atoms with Crippen molar-refractivity contribution in [1.82, 2.24) is 0 Å². The minimum atomic E-state index is -0.516. The maximum Gasteiger partial charge on any atom is 0.308 e. The number of nitrogens with zero attached hydrogens (tertiary/aromatic N) is 1. The third kappa shape index (κ3) is 3.25. The van der Waals surface area contributed by atoms with Gasteiger partial charge in [-0.15, -0.1) is 0 Å². The Balaban J connectivity index is 1.85. The lowest BCUT2D eigenvalue weighted by atomic mass is 9.77. The normalized spacial score (nSPS) is 29.9. The first kappa shape index (κ1) is 18.6. The highest BCUT2D eigenvalue weighted by Crippen LogP contribution is 2.56. The first-order valence-corrected chi connectivity index (χ1v) is 9.26. The van der Waals surface area contributed by atoms with Crippen LogP contribution in [0.5, 0.6) is 11.5 Å². The fourth-order valence-electron chi connectivity index (χ4n) is 4.76. The van der Waals surface area contributed by atoms with Crippen LogP contribution in [0.2, 0.25) is 0 Å². The molecule has 4 atom stereocenters. The third-order valence-corrected chi connectivity index (χ3v) is 5.89. The van der Waals surface area contributed by atoms with E-state index in [0.717, 1.165) is 31.2 Å². The van der Waals surface area contributed by atoms with Crippen LogP contribution in [0.25, 0.3) is 0 Å². The molecule has 2 unspecified atom stereocenters. The Morgan fingerprint density at radius 3 is 2.35 bits per heavy atom. The van der Waals surface area contributed by atoms with Gasteiger partial charge >= 0.3 is 5.97 Å². The van der Waals surface area contributed by atoms with Crippen LogP contribution in [0, 0.1) is 29.1 Å². The maximum absolute atomic E-state index is 11.8. The fourth-order valence-corrected chi connectivity index (χ4v) is 4.76. The van der Waals surface area contributed by atoms with Crippen molar-refractivity contribution in [2.45, 2.75) is 51.0 Å². The van der Waals surface area contributed by atoms with E-state index in [1.807, 2.05) is 32.0 Å². The Bertz CT molecular complexity index is 707. The standard InChI is InChI=1S/C21H27NO4/c1-13(2)26-19-9-17(5-6-18(19)24-3)21(12-22)10-15-7-14(20(23)25-4)8-16(15)11-21/h5-6,9,13-16H,7-8,10-11H2,1-4H3/t14?,15-,16+,21?. The van der Waals surface area contributed by atoms with Crippen LogP contribution in [0.3, 0.4) is 0 Å². The van der Waals surface area contributed by atoms with E-state index in [-0.39, 0.29) is 18.0 Å². The Morgan fingerprint density at radius 1 is 1.19 bits per heavy atom. The first-order chi connectivity index (χ1) is 12.4. The van der Waals surface area contributed by atoms with Gasteiger partial charge in [0, 0.05) is 0 Å². The van der Waals surface area contributed by atoms with Crippen LogP contribution in [-0.4, -0.2) is 26.3 Å². The predicted molar refractivity (Wildman–Crippen MR) is 97.0 cm³/mol. The van der Waals surface area contributed by atoms with E-state index in [1.54, 1.807) is 7.11 Å². The topological polar surface area (TPSA) is 68.6 Å². The van der Waals surface area contributed by atoms with Crippen molar-refractivity contribution in [2.24, 2.45) is 17.8 Å². The lowest BCUT2D eigenvalue weighted by Crippen LogP contribution is -2.23. The van der Waals surface area contributed by atoms with Gasteiger partial charge in [-0.1, -0.05) is 6.07 Å². The van der Waals surface area contributed by atoms with Gasteiger partial charge in [-0.3, -0.25) is 4.79 Å². The molecule has 0 spiro atoms. The number of ether oxygens (including phenoxy) is 3. The quantitative estimate of drug-likeness (QED) is 0.749. The van der Waals surface area contributed by atoms with E-state index >= 15 is 0 Å². The molecule has 5 heteroatoms. The zero-order valence-corrected chi connectivity index (χ0v) is 16.0. The molecule has 0 saturated heterocycles. The Kier molecular flexibility index (Phi) is 5.13. The van der Waals surface area contributed by atoms with Gasteiger partial charge in [0.1, 0.15) is 0 Å². The second kappa shape index (κ2) is 7.19.